The summed E-state index contributed by atoms with van der Waals surface area (Å²) in [6.07, 6.45) is 9.08. The van der Waals surface area contributed by atoms with E-state index < -0.39 is 0 Å². The van der Waals surface area contributed by atoms with Crippen molar-refractivity contribution in [1.82, 2.24) is 19.7 Å². The molecular formula is C24H28N4O2. The molecule has 30 heavy (non-hydrogen) atoms. The molecule has 0 N–H and O–H groups in total. The fourth-order valence-electron chi connectivity index (χ4n) is 4.17. The first-order valence-electron chi connectivity index (χ1n) is 10.6. The quantitative estimate of drug-likeness (QED) is 0.618. The van der Waals surface area contributed by atoms with Crippen LogP contribution in [0.25, 0.3) is 11.1 Å². The van der Waals surface area contributed by atoms with Crippen LogP contribution in [0.4, 0.5) is 0 Å². The maximum Gasteiger partial charge on any atom is 0.227 e. The van der Waals surface area contributed by atoms with Gasteiger partial charge in [-0.2, -0.15) is 5.10 Å². The summed E-state index contributed by atoms with van der Waals surface area (Å²) in [7, 11) is 1.93. The number of carbonyl (C=O) groups is 1. The lowest BCUT2D eigenvalue weighted by Gasteiger charge is -2.35. The fraction of sp³-hybridized carbons (Fsp3) is 0.375. The third kappa shape index (κ3) is 4.37. The van der Waals surface area contributed by atoms with Crippen LogP contribution in [0.5, 0.6) is 5.75 Å². The number of hydrogen-bond acceptors (Lipinski definition) is 4. The van der Waals surface area contributed by atoms with Gasteiger partial charge in [0.05, 0.1) is 24.8 Å². The molecule has 1 saturated heterocycles. The van der Waals surface area contributed by atoms with Gasteiger partial charge in [0.25, 0.3) is 0 Å². The van der Waals surface area contributed by atoms with E-state index in [0.29, 0.717) is 13.0 Å². The van der Waals surface area contributed by atoms with Gasteiger partial charge in [0.15, 0.2) is 0 Å². The summed E-state index contributed by atoms with van der Waals surface area (Å²) in [6, 6.07) is 11.8. The molecule has 0 spiro atoms. The second-order valence-electron chi connectivity index (χ2n) is 7.69. The summed E-state index contributed by atoms with van der Waals surface area (Å²) in [5, 5.41) is 4.77. The van der Waals surface area contributed by atoms with Crippen molar-refractivity contribution in [3.05, 3.63) is 66.2 Å². The molecule has 3 heterocycles. The first-order valence-corrected chi connectivity index (χ1v) is 10.6. The minimum absolute atomic E-state index is 0.00156. The monoisotopic (exact) mass is 404 g/mol. The fourth-order valence-corrected chi connectivity index (χ4v) is 4.17. The van der Waals surface area contributed by atoms with Crippen LogP contribution >= 0.6 is 0 Å². The molecule has 2 aromatic heterocycles. The van der Waals surface area contributed by atoms with Crippen LogP contribution < -0.4 is 4.74 Å². The number of likely N-dealkylation sites (tertiary alicyclic amines) is 1. The Balaban J connectivity index is 1.57. The number of pyridine rings is 1. The Labute approximate surface area is 177 Å². The van der Waals surface area contributed by atoms with Gasteiger partial charge in [0, 0.05) is 37.7 Å². The van der Waals surface area contributed by atoms with Gasteiger partial charge in [0.2, 0.25) is 5.91 Å². The van der Waals surface area contributed by atoms with Gasteiger partial charge in [-0.1, -0.05) is 12.1 Å². The number of nitrogens with zero attached hydrogens (tertiary/aromatic N) is 4. The molecule has 1 aliphatic rings. The maximum absolute atomic E-state index is 13.3. The minimum Gasteiger partial charge on any atom is -0.494 e. The Morgan fingerprint density at radius 3 is 2.63 bits per heavy atom. The highest BCUT2D eigenvalue weighted by molar-refractivity contribution is 5.80. The molecule has 156 valence electrons. The summed E-state index contributed by atoms with van der Waals surface area (Å²) in [5.74, 6) is 0.982. The highest BCUT2D eigenvalue weighted by atomic mass is 16.5. The van der Waals surface area contributed by atoms with E-state index in [9.17, 15) is 4.79 Å². The Hall–Kier alpha value is -3.15. The number of aryl methyl sites for hydroxylation is 1. The molecule has 4 rings (SSSR count). The minimum atomic E-state index is -0.00156. The van der Waals surface area contributed by atoms with Crippen molar-refractivity contribution in [2.75, 3.05) is 13.2 Å². The standard InChI is InChI=1S/C24H28N4O2/c1-3-30-20-9-7-18(8-10-20)16-23(29)28-15-5-4-6-22(28)24-21(17-27(2)26-24)19-11-13-25-14-12-19/h7-14,17,22H,3-6,15-16H2,1-2H3/t22-/m1/s1. The molecule has 0 saturated carbocycles. The number of amides is 1. The van der Waals surface area contributed by atoms with Gasteiger partial charge in [0.1, 0.15) is 5.75 Å². The number of piperidine rings is 1. The van der Waals surface area contributed by atoms with Gasteiger partial charge >= 0.3 is 0 Å². The first-order chi connectivity index (χ1) is 14.7. The molecule has 1 atom stereocenters. The Kier molecular flexibility index (Phi) is 6.12. The molecule has 0 aliphatic carbocycles. The number of ether oxygens (including phenoxy) is 1. The van der Waals surface area contributed by atoms with E-state index in [4.69, 9.17) is 9.84 Å². The second kappa shape index (κ2) is 9.11. The van der Waals surface area contributed by atoms with Crippen LogP contribution in [0.1, 0.15) is 43.5 Å². The van der Waals surface area contributed by atoms with Gasteiger partial charge in [-0.25, -0.2) is 0 Å². The van der Waals surface area contributed by atoms with Crippen LogP contribution in [0.3, 0.4) is 0 Å². The number of rotatable bonds is 6. The first kappa shape index (κ1) is 20.1. The van der Waals surface area contributed by atoms with Crippen molar-refractivity contribution in [2.24, 2.45) is 7.05 Å². The summed E-state index contributed by atoms with van der Waals surface area (Å²) in [5.41, 5.74) is 4.13. The Morgan fingerprint density at radius 2 is 1.90 bits per heavy atom. The third-order valence-corrected chi connectivity index (χ3v) is 5.58. The van der Waals surface area contributed by atoms with Crippen LogP contribution in [0.2, 0.25) is 0 Å². The molecule has 0 radical (unpaired) electrons. The van der Waals surface area contributed by atoms with E-state index in [0.717, 1.165) is 53.9 Å². The van der Waals surface area contributed by atoms with E-state index in [-0.39, 0.29) is 11.9 Å². The molecule has 1 aliphatic heterocycles. The summed E-state index contributed by atoms with van der Waals surface area (Å²) in [6.45, 7) is 3.37. The van der Waals surface area contributed by atoms with E-state index in [1.807, 2.05) is 66.1 Å². The van der Waals surface area contributed by atoms with Crippen LogP contribution in [-0.2, 0) is 18.3 Å². The van der Waals surface area contributed by atoms with Crippen LogP contribution in [0, 0.1) is 0 Å². The predicted molar refractivity (Wildman–Crippen MR) is 116 cm³/mol. The molecule has 3 aromatic rings. The van der Waals surface area contributed by atoms with Crippen molar-refractivity contribution in [2.45, 2.75) is 38.6 Å². The molecule has 6 nitrogen and oxygen atoms in total. The average molecular weight is 405 g/mol. The number of carbonyl (C=O) groups excluding carboxylic acids is 1. The average Bonchev–Trinajstić information content (AvgIpc) is 3.17. The van der Waals surface area contributed by atoms with Crippen LogP contribution in [-0.4, -0.2) is 38.7 Å². The highest BCUT2D eigenvalue weighted by Crippen LogP contribution is 2.36. The topological polar surface area (TPSA) is 60.2 Å². The molecule has 1 aromatic carbocycles. The van der Waals surface area contributed by atoms with E-state index >= 15 is 0 Å². The number of hydrogen-bond donors (Lipinski definition) is 0. The number of benzene rings is 1. The zero-order valence-corrected chi connectivity index (χ0v) is 17.6. The maximum atomic E-state index is 13.3. The largest absolute Gasteiger partial charge is 0.494 e. The summed E-state index contributed by atoms with van der Waals surface area (Å²) < 4.78 is 7.35. The van der Waals surface area contributed by atoms with Crippen molar-refractivity contribution >= 4 is 5.91 Å². The zero-order valence-electron chi connectivity index (χ0n) is 17.6. The Bertz CT molecular complexity index is 982. The predicted octanol–water partition coefficient (Wildman–Crippen LogP) is 4.18. The van der Waals surface area contributed by atoms with E-state index in [2.05, 4.69) is 4.98 Å². The van der Waals surface area contributed by atoms with E-state index in [1.54, 1.807) is 12.4 Å². The van der Waals surface area contributed by atoms with Gasteiger partial charge < -0.3 is 9.64 Å². The van der Waals surface area contributed by atoms with E-state index in [1.165, 1.54) is 0 Å². The summed E-state index contributed by atoms with van der Waals surface area (Å²) in [4.78, 5) is 19.4. The SMILES string of the molecule is CCOc1ccc(CC(=O)N2CCCC[C@@H]2c2nn(C)cc2-c2ccncc2)cc1. The molecule has 0 bridgehead atoms. The molecule has 1 fully saturated rings. The Morgan fingerprint density at radius 1 is 1.13 bits per heavy atom. The molecule has 0 unspecified atom stereocenters. The third-order valence-electron chi connectivity index (χ3n) is 5.58. The second-order valence-corrected chi connectivity index (χ2v) is 7.69. The smallest absolute Gasteiger partial charge is 0.227 e. The van der Waals surface area contributed by atoms with Crippen molar-refractivity contribution in [3.63, 3.8) is 0 Å². The normalized spacial score (nSPS) is 16.5. The van der Waals surface area contributed by atoms with Crippen molar-refractivity contribution in [3.8, 4) is 16.9 Å². The lowest BCUT2D eigenvalue weighted by atomic mass is 9.94. The van der Waals surface area contributed by atoms with Crippen molar-refractivity contribution in [1.29, 1.82) is 0 Å². The van der Waals surface area contributed by atoms with Gasteiger partial charge in [-0.3, -0.25) is 14.5 Å². The molecular weight excluding hydrogens is 376 g/mol. The van der Waals surface area contributed by atoms with Crippen molar-refractivity contribution < 1.29 is 9.53 Å². The molecule has 1 amide bonds. The lowest BCUT2D eigenvalue weighted by molar-refractivity contribution is -0.134. The number of aromatic nitrogens is 3. The van der Waals surface area contributed by atoms with Crippen LogP contribution in [0.15, 0.2) is 55.0 Å². The lowest BCUT2D eigenvalue weighted by Crippen LogP contribution is -2.39. The highest BCUT2D eigenvalue weighted by Gasteiger charge is 2.31. The van der Waals surface area contributed by atoms with Gasteiger partial charge in [-0.15, -0.1) is 0 Å². The summed E-state index contributed by atoms with van der Waals surface area (Å²) >= 11 is 0. The van der Waals surface area contributed by atoms with Gasteiger partial charge in [-0.05, 0) is 61.6 Å². The zero-order chi connectivity index (χ0) is 20.9. The molecule has 6 heteroatoms.